The minimum absolute atomic E-state index is 0.0728. The lowest BCUT2D eigenvalue weighted by atomic mass is 10.5. The third-order valence-corrected chi connectivity index (χ3v) is 0.831. The highest BCUT2D eigenvalue weighted by Gasteiger charge is 1.91. The van der Waals surface area contributed by atoms with Crippen molar-refractivity contribution in [2.75, 3.05) is 13.2 Å². The molecule has 0 spiro atoms. The Balaban J connectivity index is 3.32. The number of hydrogen-bond acceptors (Lipinski definition) is 3. The molecule has 3 nitrogen and oxygen atoms in total. The molecule has 0 unspecified atom stereocenters. The van der Waals surface area contributed by atoms with Gasteiger partial charge in [0.15, 0.2) is 0 Å². The van der Waals surface area contributed by atoms with Gasteiger partial charge in [-0.3, -0.25) is 0 Å². The number of allylic oxidation sites excluding steroid dienone is 1. The summed E-state index contributed by atoms with van der Waals surface area (Å²) in [5.74, 6) is 5.30. The van der Waals surface area contributed by atoms with Gasteiger partial charge in [-0.15, -0.1) is 0 Å². The van der Waals surface area contributed by atoms with Crippen LogP contribution in [0.25, 0.3) is 0 Å². The second-order valence-corrected chi connectivity index (χ2v) is 1.65. The summed E-state index contributed by atoms with van der Waals surface area (Å²) < 4.78 is 0. The summed E-state index contributed by atoms with van der Waals surface area (Å²) in [6.45, 7) is 5.88. The lowest BCUT2D eigenvalue weighted by Crippen LogP contribution is -2.31. The van der Waals surface area contributed by atoms with E-state index in [9.17, 15) is 0 Å². The number of hydrazine groups is 1. The predicted molar refractivity (Wildman–Crippen MR) is 32.8 cm³/mol. The minimum Gasteiger partial charge on any atom is -0.394 e. The van der Waals surface area contributed by atoms with Crippen molar-refractivity contribution < 1.29 is 5.11 Å². The zero-order valence-corrected chi connectivity index (χ0v) is 5.09. The van der Waals surface area contributed by atoms with Crippen molar-refractivity contribution in [3.8, 4) is 0 Å². The molecule has 0 aromatic carbocycles. The van der Waals surface area contributed by atoms with Crippen molar-refractivity contribution in [1.29, 1.82) is 0 Å². The van der Waals surface area contributed by atoms with Crippen molar-refractivity contribution in [3.05, 3.63) is 12.3 Å². The molecule has 0 heterocycles. The summed E-state index contributed by atoms with van der Waals surface area (Å²) in [7, 11) is 0. The molecular formula is C5H12N2O. The van der Waals surface area contributed by atoms with Crippen LogP contribution in [0.2, 0.25) is 0 Å². The molecule has 0 aliphatic rings. The van der Waals surface area contributed by atoms with Crippen LogP contribution in [-0.2, 0) is 0 Å². The molecule has 48 valence electrons. The van der Waals surface area contributed by atoms with Crippen molar-refractivity contribution in [3.63, 3.8) is 0 Å². The van der Waals surface area contributed by atoms with Gasteiger partial charge in [-0.1, -0.05) is 6.58 Å². The van der Waals surface area contributed by atoms with E-state index in [1.54, 1.807) is 6.92 Å². The van der Waals surface area contributed by atoms with Crippen LogP contribution in [0.1, 0.15) is 6.92 Å². The molecule has 8 heavy (non-hydrogen) atoms. The molecule has 0 aromatic heterocycles. The summed E-state index contributed by atoms with van der Waals surface area (Å²) >= 11 is 0. The number of aliphatic hydroxyl groups is 1. The average molecular weight is 116 g/mol. The molecule has 3 N–H and O–H groups in total. The quantitative estimate of drug-likeness (QED) is 0.393. The van der Waals surface area contributed by atoms with Gasteiger partial charge in [0, 0.05) is 5.70 Å². The second kappa shape index (κ2) is 3.46. The lowest BCUT2D eigenvalue weighted by Gasteiger charge is -2.15. The molecule has 0 fully saturated rings. The van der Waals surface area contributed by atoms with Crippen LogP contribution in [0.5, 0.6) is 0 Å². The Bertz CT molecular complexity index is 82.5. The normalized spacial score (nSPS) is 8.88. The van der Waals surface area contributed by atoms with Crippen LogP contribution in [-0.4, -0.2) is 23.3 Å². The van der Waals surface area contributed by atoms with E-state index in [-0.39, 0.29) is 6.61 Å². The molecule has 0 amide bonds. The Hall–Kier alpha value is -0.540. The molecule has 0 bridgehead atoms. The highest BCUT2D eigenvalue weighted by atomic mass is 16.3. The van der Waals surface area contributed by atoms with E-state index in [0.717, 1.165) is 5.70 Å². The highest BCUT2D eigenvalue weighted by Crippen LogP contribution is 1.88. The molecule has 0 saturated carbocycles. The van der Waals surface area contributed by atoms with Crippen molar-refractivity contribution >= 4 is 0 Å². The molecule has 0 saturated heterocycles. The molecule has 0 radical (unpaired) electrons. The molecule has 0 aliphatic heterocycles. The Labute approximate surface area is 49.4 Å². The van der Waals surface area contributed by atoms with Gasteiger partial charge in [0.2, 0.25) is 0 Å². The van der Waals surface area contributed by atoms with Crippen LogP contribution in [0.3, 0.4) is 0 Å². The van der Waals surface area contributed by atoms with Gasteiger partial charge in [-0.2, -0.15) is 0 Å². The van der Waals surface area contributed by atoms with Crippen LogP contribution >= 0.6 is 0 Å². The van der Waals surface area contributed by atoms with Crippen LogP contribution in [0, 0.1) is 0 Å². The van der Waals surface area contributed by atoms with E-state index in [0.29, 0.717) is 6.54 Å². The highest BCUT2D eigenvalue weighted by molar-refractivity contribution is 4.84. The number of rotatable bonds is 3. The number of hydrogen-bond donors (Lipinski definition) is 2. The molecule has 0 rings (SSSR count). The van der Waals surface area contributed by atoms with Crippen LogP contribution < -0.4 is 5.84 Å². The molecular weight excluding hydrogens is 104 g/mol. The summed E-state index contributed by atoms with van der Waals surface area (Å²) in [5.41, 5.74) is 0.763. The first-order valence-electron chi connectivity index (χ1n) is 2.47. The Kier molecular flexibility index (Phi) is 3.23. The minimum atomic E-state index is 0.0728. The Morgan fingerprint density at radius 1 is 1.88 bits per heavy atom. The Morgan fingerprint density at radius 3 is 2.50 bits per heavy atom. The van der Waals surface area contributed by atoms with Crippen molar-refractivity contribution in [1.82, 2.24) is 5.01 Å². The summed E-state index contributed by atoms with van der Waals surface area (Å²) in [6.07, 6.45) is 0. The number of nitrogens with two attached hydrogens (primary N) is 1. The topological polar surface area (TPSA) is 49.5 Å². The fourth-order valence-electron chi connectivity index (χ4n) is 0.299. The molecule has 0 aliphatic carbocycles. The smallest absolute Gasteiger partial charge is 0.0622 e. The van der Waals surface area contributed by atoms with Crippen molar-refractivity contribution in [2.24, 2.45) is 5.84 Å². The number of nitrogens with zero attached hydrogens (tertiary/aromatic N) is 1. The third kappa shape index (κ3) is 2.60. The van der Waals surface area contributed by atoms with E-state index >= 15 is 0 Å². The van der Waals surface area contributed by atoms with E-state index in [2.05, 4.69) is 6.58 Å². The zero-order chi connectivity index (χ0) is 6.57. The standard InChI is InChI=1S/C5H12N2O/c1-5(2)7(6)3-4-8/h8H,1,3-4,6H2,2H3. The van der Waals surface area contributed by atoms with Gasteiger partial charge < -0.3 is 10.1 Å². The monoisotopic (exact) mass is 116 g/mol. The van der Waals surface area contributed by atoms with Crippen LogP contribution in [0.15, 0.2) is 12.3 Å². The fourth-order valence-corrected chi connectivity index (χ4v) is 0.299. The maximum atomic E-state index is 8.32. The molecule has 0 aromatic rings. The lowest BCUT2D eigenvalue weighted by molar-refractivity contribution is 0.229. The third-order valence-electron chi connectivity index (χ3n) is 0.831. The first-order valence-corrected chi connectivity index (χ1v) is 2.47. The van der Waals surface area contributed by atoms with Gasteiger partial charge in [0.25, 0.3) is 0 Å². The van der Waals surface area contributed by atoms with Gasteiger partial charge in [-0.25, -0.2) is 5.84 Å². The predicted octanol–water partition coefficient (Wildman–Crippen LogP) is -0.312. The van der Waals surface area contributed by atoms with E-state index in [1.807, 2.05) is 0 Å². The second-order valence-electron chi connectivity index (χ2n) is 1.65. The molecule has 0 atom stereocenters. The summed E-state index contributed by atoms with van der Waals surface area (Å²) in [4.78, 5) is 0. The van der Waals surface area contributed by atoms with E-state index in [1.165, 1.54) is 5.01 Å². The fraction of sp³-hybridized carbons (Fsp3) is 0.600. The average Bonchev–Trinajstić information content (AvgIpc) is 1.67. The summed E-state index contributed by atoms with van der Waals surface area (Å²) in [5, 5.41) is 9.73. The maximum Gasteiger partial charge on any atom is 0.0622 e. The zero-order valence-electron chi connectivity index (χ0n) is 5.09. The van der Waals surface area contributed by atoms with E-state index in [4.69, 9.17) is 10.9 Å². The van der Waals surface area contributed by atoms with E-state index < -0.39 is 0 Å². The molecule has 3 heteroatoms. The van der Waals surface area contributed by atoms with Gasteiger partial charge in [-0.05, 0) is 6.92 Å². The number of aliphatic hydroxyl groups excluding tert-OH is 1. The maximum absolute atomic E-state index is 8.32. The first kappa shape index (κ1) is 7.46. The van der Waals surface area contributed by atoms with Gasteiger partial charge in [0.1, 0.15) is 0 Å². The van der Waals surface area contributed by atoms with Crippen LogP contribution in [0.4, 0.5) is 0 Å². The SMILES string of the molecule is C=C(C)N(N)CCO. The summed E-state index contributed by atoms with van der Waals surface area (Å²) in [6, 6.07) is 0. The van der Waals surface area contributed by atoms with Crippen molar-refractivity contribution in [2.45, 2.75) is 6.92 Å². The first-order chi connectivity index (χ1) is 3.68. The largest absolute Gasteiger partial charge is 0.394 e. The van der Waals surface area contributed by atoms with Gasteiger partial charge in [0.05, 0.1) is 13.2 Å². The Morgan fingerprint density at radius 2 is 2.38 bits per heavy atom. The van der Waals surface area contributed by atoms with Gasteiger partial charge >= 0.3 is 0 Å².